The van der Waals surface area contributed by atoms with Crippen LogP contribution in [0.4, 0.5) is 0 Å². The summed E-state index contributed by atoms with van der Waals surface area (Å²) in [6, 6.07) is 0. The van der Waals surface area contributed by atoms with Crippen molar-refractivity contribution in [2.45, 2.75) is 89.5 Å². The molecule has 1 saturated heterocycles. The molecule has 0 aromatic rings. The van der Waals surface area contributed by atoms with Crippen molar-refractivity contribution >= 4 is 8.32 Å². The summed E-state index contributed by atoms with van der Waals surface area (Å²) >= 11 is 0. The monoisotopic (exact) mass is 304 g/mol. The third kappa shape index (κ3) is 4.27. The molecular weight excluding hydrogens is 272 g/mol. The lowest BCUT2D eigenvalue weighted by atomic mass is 9.96. The highest BCUT2D eigenvalue weighted by molar-refractivity contribution is 6.74. The van der Waals surface area contributed by atoms with Gasteiger partial charge in [-0.15, -0.1) is 0 Å². The van der Waals surface area contributed by atoms with Gasteiger partial charge in [0.15, 0.2) is 8.32 Å². The molecule has 0 aromatic heterocycles. The maximum absolute atomic E-state index is 10.3. The van der Waals surface area contributed by atoms with Crippen LogP contribution in [-0.4, -0.2) is 49.6 Å². The molecule has 4 nitrogen and oxygen atoms in total. The van der Waals surface area contributed by atoms with Gasteiger partial charge >= 0.3 is 0 Å². The molecule has 0 unspecified atom stereocenters. The van der Waals surface area contributed by atoms with E-state index in [1.807, 2.05) is 0 Å². The van der Waals surface area contributed by atoms with Crippen LogP contribution in [0.15, 0.2) is 0 Å². The van der Waals surface area contributed by atoms with Gasteiger partial charge in [-0.1, -0.05) is 40.5 Å². The highest BCUT2D eigenvalue weighted by atomic mass is 28.4. The van der Waals surface area contributed by atoms with Crippen LogP contribution in [-0.2, 0) is 9.16 Å². The summed E-state index contributed by atoms with van der Waals surface area (Å²) < 4.78 is 11.9. The average molecular weight is 305 g/mol. The van der Waals surface area contributed by atoms with E-state index >= 15 is 0 Å². The Hall–Kier alpha value is 0.0569. The fraction of sp³-hybridized carbons (Fsp3) is 1.00. The molecule has 1 heterocycles. The molecule has 0 amide bonds. The van der Waals surface area contributed by atoms with E-state index in [1.54, 1.807) is 0 Å². The minimum atomic E-state index is -1.96. The molecule has 2 N–H and O–H groups in total. The molecule has 1 aliphatic heterocycles. The largest absolute Gasteiger partial charge is 0.409 e. The van der Waals surface area contributed by atoms with Crippen LogP contribution in [0.25, 0.3) is 0 Å². The molecule has 0 spiro atoms. The van der Waals surface area contributed by atoms with Crippen LogP contribution in [0.3, 0.4) is 0 Å². The molecule has 0 aromatic carbocycles. The Labute approximate surface area is 124 Å². The van der Waals surface area contributed by atoms with Gasteiger partial charge in [-0.2, -0.15) is 0 Å². The first-order valence-corrected chi connectivity index (χ1v) is 10.7. The first-order valence-electron chi connectivity index (χ1n) is 7.75. The Morgan fingerprint density at radius 3 is 2.30 bits per heavy atom. The van der Waals surface area contributed by atoms with Gasteiger partial charge in [0, 0.05) is 0 Å². The van der Waals surface area contributed by atoms with Crippen LogP contribution in [0.2, 0.25) is 18.1 Å². The van der Waals surface area contributed by atoms with Gasteiger partial charge in [-0.25, -0.2) is 0 Å². The molecule has 120 valence electrons. The predicted molar refractivity (Wildman–Crippen MR) is 83.3 cm³/mol. The average Bonchev–Trinajstić information content (AvgIpc) is 2.32. The van der Waals surface area contributed by atoms with Crippen LogP contribution in [0, 0.1) is 0 Å². The van der Waals surface area contributed by atoms with Crippen LogP contribution in [0.1, 0.15) is 47.0 Å². The summed E-state index contributed by atoms with van der Waals surface area (Å²) in [7, 11) is -1.96. The lowest BCUT2D eigenvalue weighted by Gasteiger charge is -2.44. The van der Waals surface area contributed by atoms with Crippen molar-refractivity contribution in [1.29, 1.82) is 0 Å². The first kappa shape index (κ1) is 18.1. The second-order valence-electron chi connectivity index (χ2n) is 7.41. The van der Waals surface area contributed by atoms with Crippen LogP contribution >= 0.6 is 0 Å². The van der Waals surface area contributed by atoms with Crippen molar-refractivity contribution in [3.05, 3.63) is 0 Å². The topological polar surface area (TPSA) is 58.9 Å². The van der Waals surface area contributed by atoms with E-state index in [0.29, 0.717) is 6.61 Å². The number of aliphatic hydroxyl groups is 2. The molecule has 0 aliphatic carbocycles. The maximum Gasteiger partial charge on any atom is 0.192 e. The second kappa shape index (κ2) is 6.88. The summed E-state index contributed by atoms with van der Waals surface area (Å²) in [6.45, 7) is 13.3. The van der Waals surface area contributed by atoms with Gasteiger partial charge in [-0.05, 0) is 24.6 Å². The van der Waals surface area contributed by atoms with E-state index in [0.717, 1.165) is 19.3 Å². The highest BCUT2D eigenvalue weighted by Gasteiger charge is 2.45. The van der Waals surface area contributed by atoms with Crippen molar-refractivity contribution < 1.29 is 19.4 Å². The molecule has 0 radical (unpaired) electrons. The molecule has 20 heavy (non-hydrogen) atoms. The summed E-state index contributed by atoms with van der Waals surface area (Å²) in [6.07, 6.45) is 0.494. The SMILES string of the molecule is CCCC[C@@H]1OC[C@@H](O[Si](C)(C)C(C)(C)C)[C@H](O)[C@@H]1O. The van der Waals surface area contributed by atoms with Crippen molar-refractivity contribution in [2.24, 2.45) is 0 Å². The number of aliphatic hydroxyl groups excluding tert-OH is 2. The summed E-state index contributed by atoms with van der Waals surface area (Å²) in [5.74, 6) is 0. The van der Waals surface area contributed by atoms with Crippen molar-refractivity contribution in [3.8, 4) is 0 Å². The Kier molecular flexibility index (Phi) is 6.23. The maximum atomic E-state index is 10.3. The van der Waals surface area contributed by atoms with E-state index < -0.39 is 26.6 Å². The Morgan fingerprint density at radius 2 is 1.80 bits per heavy atom. The highest BCUT2D eigenvalue weighted by Crippen LogP contribution is 2.38. The quantitative estimate of drug-likeness (QED) is 0.767. The lowest BCUT2D eigenvalue weighted by Crippen LogP contribution is -2.57. The van der Waals surface area contributed by atoms with Crippen molar-refractivity contribution in [1.82, 2.24) is 0 Å². The Balaban J connectivity index is 2.63. The smallest absolute Gasteiger partial charge is 0.192 e. The van der Waals surface area contributed by atoms with Gasteiger partial charge < -0.3 is 19.4 Å². The Bertz CT molecular complexity index is 301. The van der Waals surface area contributed by atoms with Gasteiger partial charge in [-0.3, -0.25) is 0 Å². The first-order chi connectivity index (χ1) is 9.10. The molecule has 0 saturated carbocycles. The zero-order chi connectivity index (χ0) is 15.6. The third-order valence-electron chi connectivity index (χ3n) is 4.68. The number of hydrogen-bond donors (Lipinski definition) is 2. The molecule has 5 heteroatoms. The standard InChI is InChI=1S/C15H32O4Si/c1-7-8-9-11-13(16)14(17)12(10-18-11)19-20(5,6)15(2,3)4/h11-14,16-17H,7-10H2,1-6H3/t11-,12+,13+,14-/m0/s1. The minimum Gasteiger partial charge on any atom is -0.409 e. The normalized spacial score (nSPS) is 32.4. The van der Waals surface area contributed by atoms with Crippen LogP contribution < -0.4 is 0 Å². The zero-order valence-electron chi connectivity index (χ0n) is 13.8. The van der Waals surface area contributed by atoms with E-state index in [9.17, 15) is 10.2 Å². The fourth-order valence-corrected chi connectivity index (χ4v) is 3.49. The van der Waals surface area contributed by atoms with Gasteiger partial charge in [0.25, 0.3) is 0 Å². The third-order valence-corrected chi connectivity index (χ3v) is 9.19. The molecule has 0 bridgehead atoms. The number of hydrogen-bond acceptors (Lipinski definition) is 4. The van der Waals surface area contributed by atoms with Gasteiger partial charge in [0.05, 0.1) is 18.8 Å². The Morgan fingerprint density at radius 1 is 1.20 bits per heavy atom. The molecule has 1 fully saturated rings. The molecule has 1 rings (SSSR count). The van der Waals surface area contributed by atoms with E-state index in [4.69, 9.17) is 9.16 Å². The van der Waals surface area contributed by atoms with Gasteiger partial charge in [0.1, 0.15) is 12.2 Å². The zero-order valence-corrected chi connectivity index (χ0v) is 14.8. The van der Waals surface area contributed by atoms with E-state index in [2.05, 4.69) is 40.8 Å². The number of unbranched alkanes of at least 4 members (excludes halogenated alkanes) is 1. The number of ether oxygens (including phenoxy) is 1. The summed E-state index contributed by atoms with van der Waals surface area (Å²) in [4.78, 5) is 0. The minimum absolute atomic E-state index is 0.0801. The second-order valence-corrected chi connectivity index (χ2v) is 12.2. The fourth-order valence-electron chi connectivity index (χ4n) is 2.17. The lowest BCUT2D eigenvalue weighted by molar-refractivity contribution is -0.184. The van der Waals surface area contributed by atoms with E-state index in [-0.39, 0.29) is 11.1 Å². The van der Waals surface area contributed by atoms with Crippen LogP contribution in [0.5, 0.6) is 0 Å². The summed E-state index contributed by atoms with van der Waals surface area (Å²) in [5.41, 5.74) is 0. The number of rotatable bonds is 5. The molecule has 4 atom stereocenters. The molecular formula is C15H32O4Si. The predicted octanol–water partition coefficient (Wildman–Crippen LogP) is 2.69. The van der Waals surface area contributed by atoms with Gasteiger partial charge in [0.2, 0.25) is 0 Å². The van der Waals surface area contributed by atoms with E-state index in [1.165, 1.54) is 0 Å². The van der Waals surface area contributed by atoms with Crippen molar-refractivity contribution in [3.63, 3.8) is 0 Å². The molecule has 1 aliphatic rings. The summed E-state index contributed by atoms with van der Waals surface area (Å²) in [5, 5.41) is 20.6. The van der Waals surface area contributed by atoms with Crippen molar-refractivity contribution in [2.75, 3.05) is 6.61 Å².